The van der Waals surface area contributed by atoms with Crippen molar-refractivity contribution >= 4 is 38.6 Å². The maximum Gasteiger partial charge on any atom is 0.0458 e. The minimum atomic E-state index is -0.158. The number of halogens is 1. The van der Waals surface area contributed by atoms with Crippen LogP contribution in [0.3, 0.4) is 0 Å². The van der Waals surface area contributed by atoms with Gasteiger partial charge in [-0.2, -0.15) is 0 Å². The van der Waals surface area contributed by atoms with Crippen LogP contribution in [0.4, 0.5) is 5.69 Å². The monoisotopic (exact) mass is 593 g/mol. The molecule has 0 bridgehead atoms. The highest BCUT2D eigenvalue weighted by molar-refractivity contribution is 14.2. The molecule has 1 aliphatic heterocycles. The second-order valence-corrected chi connectivity index (χ2v) is 15.8. The minimum Gasteiger partial charge on any atom is -0.362 e. The highest BCUT2D eigenvalue weighted by Crippen LogP contribution is 2.49. The topological polar surface area (TPSA) is 3.24 Å². The number of unbranched alkanes of at least 4 members (excludes halogenated alkanes) is 1. The summed E-state index contributed by atoms with van der Waals surface area (Å²) in [5.74, 6) is 0. The fraction of sp³-hybridized carbons (Fsp3) is 0.438. The van der Waals surface area contributed by atoms with E-state index in [0.29, 0.717) is 0 Å². The largest absolute Gasteiger partial charge is 0.362 e. The Balaban J connectivity index is 1.52. The van der Waals surface area contributed by atoms with Gasteiger partial charge in [-0.3, -0.25) is 0 Å². The lowest BCUT2D eigenvalue weighted by Crippen LogP contribution is -2.26. The van der Waals surface area contributed by atoms with Gasteiger partial charge < -0.3 is 4.90 Å². The molecule has 0 radical (unpaired) electrons. The first kappa shape index (κ1) is 24.0. The lowest BCUT2D eigenvalue weighted by molar-refractivity contribution is 0.680. The summed E-state index contributed by atoms with van der Waals surface area (Å²) < 4.78 is 0. The standard InChI is InChI=1S/C32H37INP/c1-2-3-20-35(33)30-15-9-8-14-29(30)34-21-25-18-16-23-10-4-6-12-27(23)31(25)32-26(22-34)19-17-24-11-5-7-13-28(24)32/h8-9,14-19H,2-7,10-13,20-22H2,1H3. The maximum atomic E-state index is 2.76. The van der Waals surface area contributed by atoms with Gasteiger partial charge in [-0.1, -0.05) is 55.8 Å². The number of anilines is 1. The van der Waals surface area contributed by atoms with Crippen molar-refractivity contribution in [1.29, 1.82) is 0 Å². The molecule has 3 aliphatic rings. The van der Waals surface area contributed by atoms with Crippen LogP contribution >= 0.6 is 27.6 Å². The zero-order valence-corrected chi connectivity index (χ0v) is 24.1. The molecule has 0 fully saturated rings. The van der Waals surface area contributed by atoms with E-state index >= 15 is 0 Å². The second kappa shape index (κ2) is 10.5. The average Bonchev–Trinajstić information content (AvgIpc) is 3.09. The van der Waals surface area contributed by atoms with Gasteiger partial charge in [0.1, 0.15) is 0 Å². The summed E-state index contributed by atoms with van der Waals surface area (Å²) in [5.41, 5.74) is 14.3. The third-order valence-electron chi connectivity index (χ3n) is 8.40. The fourth-order valence-corrected chi connectivity index (χ4v) is 10.4. The summed E-state index contributed by atoms with van der Waals surface area (Å²) >= 11 is 2.76. The molecule has 1 nitrogen and oxygen atoms in total. The van der Waals surface area contributed by atoms with Crippen LogP contribution in [-0.4, -0.2) is 6.16 Å². The van der Waals surface area contributed by atoms with E-state index in [9.17, 15) is 0 Å². The SMILES string of the molecule is CCCCP(I)c1ccccc1N1Cc2ccc3c(c2-c2c(ccc4c2CCCC4)C1)CCCC3. The van der Waals surface area contributed by atoms with Crippen LogP contribution in [0.15, 0.2) is 48.5 Å². The number of nitrogens with zero attached hydrogens (tertiary/aromatic N) is 1. The van der Waals surface area contributed by atoms with Crippen LogP contribution < -0.4 is 10.2 Å². The van der Waals surface area contributed by atoms with Crippen LogP contribution in [0.1, 0.15) is 78.8 Å². The van der Waals surface area contributed by atoms with Crippen LogP contribution in [-0.2, 0) is 38.8 Å². The molecule has 0 saturated heterocycles. The minimum absolute atomic E-state index is 0.158. The fourth-order valence-electron chi connectivity index (χ4n) is 6.63. The molecule has 3 heteroatoms. The van der Waals surface area contributed by atoms with Crippen LogP contribution in [0.2, 0.25) is 0 Å². The normalized spacial score (nSPS) is 17.6. The molecule has 0 aromatic heterocycles. The molecule has 2 aliphatic carbocycles. The molecule has 0 N–H and O–H groups in total. The predicted octanol–water partition coefficient (Wildman–Crippen LogP) is 8.89. The van der Waals surface area contributed by atoms with Gasteiger partial charge in [0.2, 0.25) is 0 Å². The van der Waals surface area contributed by atoms with Gasteiger partial charge in [0.25, 0.3) is 0 Å². The Morgan fingerprint density at radius 1 is 0.714 bits per heavy atom. The summed E-state index contributed by atoms with van der Waals surface area (Å²) in [6, 6.07) is 19.3. The molecule has 3 aromatic rings. The third kappa shape index (κ3) is 4.59. The number of rotatable bonds is 5. The Bertz CT molecular complexity index is 1160. The van der Waals surface area contributed by atoms with Crippen molar-refractivity contribution in [2.75, 3.05) is 11.1 Å². The Morgan fingerprint density at radius 2 is 1.26 bits per heavy atom. The van der Waals surface area contributed by atoms with E-state index in [1.807, 2.05) is 0 Å². The Labute approximate surface area is 226 Å². The molecule has 0 saturated carbocycles. The zero-order valence-electron chi connectivity index (χ0n) is 21.1. The molecule has 0 amide bonds. The van der Waals surface area contributed by atoms with Gasteiger partial charge in [-0.25, -0.2) is 0 Å². The van der Waals surface area contributed by atoms with Crippen molar-refractivity contribution in [2.24, 2.45) is 0 Å². The number of para-hydroxylation sites is 1. The lowest BCUT2D eigenvalue weighted by Gasteiger charge is -2.28. The van der Waals surface area contributed by atoms with Gasteiger partial charge >= 0.3 is 0 Å². The summed E-state index contributed by atoms with van der Waals surface area (Å²) in [4.78, 5) is 2.71. The zero-order chi connectivity index (χ0) is 23.8. The van der Waals surface area contributed by atoms with Gasteiger partial charge in [0.15, 0.2) is 0 Å². The smallest absolute Gasteiger partial charge is 0.0458 e. The van der Waals surface area contributed by atoms with Crippen molar-refractivity contribution in [3.8, 4) is 11.1 Å². The van der Waals surface area contributed by atoms with E-state index in [0.717, 1.165) is 13.1 Å². The van der Waals surface area contributed by atoms with E-state index < -0.39 is 0 Å². The molecule has 182 valence electrons. The second-order valence-electron chi connectivity index (χ2n) is 10.7. The lowest BCUT2D eigenvalue weighted by atomic mass is 9.78. The molecule has 0 spiro atoms. The van der Waals surface area contributed by atoms with E-state index in [1.54, 1.807) is 49.8 Å². The van der Waals surface area contributed by atoms with Crippen LogP contribution in [0.25, 0.3) is 11.1 Å². The highest BCUT2D eigenvalue weighted by atomic mass is 127. The van der Waals surface area contributed by atoms with Crippen LogP contribution in [0, 0.1) is 0 Å². The third-order valence-corrected chi connectivity index (χ3v) is 13.0. The first-order chi connectivity index (χ1) is 17.2. The Hall–Kier alpha value is -1.38. The van der Waals surface area contributed by atoms with Crippen molar-refractivity contribution in [2.45, 2.75) is 84.2 Å². The molecule has 1 unspecified atom stereocenters. The van der Waals surface area contributed by atoms with Gasteiger partial charge in [-0.15, -0.1) is 0 Å². The van der Waals surface area contributed by atoms with E-state index in [-0.39, 0.29) is 5.56 Å². The highest BCUT2D eigenvalue weighted by Gasteiger charge is 2.29. The summed E-state index contributed by atoms with van der Waals surface area (Å²) in [5, 5.41) is 1.58. The summed E-state index contributed by atoms with van der Waals surface area (Å²) in [7, 11) is 0. The summed E-state index contributed by atoms with van der Waals surface area (Å²) in [6.45, 7) is 4.36. The van der Waals surface area contributed by atoms with Crippen molar-refractivity contribution in [3.63, 3.8) is 0 Å². The number of hydrogen-bond donors (Lipinski definition) is 0. The first-order valence-electron chi connectivity index (χ1n) is 13.8. The maximum absolute atomic E-state index is 2.76. The Kier molecular flexibility index (Phi) is 7.22. The molecule has 35 heavy (non-hydrogen) atoms. The van der Waals surface area contributed by atoms with Crippen molar-refractivity contribution < 1.29 is 0 Å². The van der Waals surface area contributed by atoms with E-state index in [2.05, 4.69) is 82.4 Å². The summed E-state index contributed by atoms with van der Waals surface area (Å²) in [6.07, 6.45) is 14.4. The van der Waals surface area contributed by atoms with Gasteiger partial charge in [0, 0.05) is 24.1 Å². The van der Waals surface area contributed by atoms with E-state index in [1.165, 1.54) is 76.1 Å². The molecule has 1 atom stereocenters. The van der Waals surface area contributed by atoms with E-state index in [4.69, 9.17) is 0 Å². The molecular weight excluding hydrogens is 556 g/mol. The molecule has 3 aromatic carbocycles. The predicted molar refractivity (Wildman–Crippen MR) is 162 cm³/mol. The van der Waals surface area contributed by atoms with Crippen molar-refractivity contribution in [1.82, 2.24) is 0 Å². The number of hydrogen-bond acceptors (Lipinski definition) is 1. The van der Waals surface area contributed by atoms with Gasteiger partial charge in [0.05, 0.1) is 0 Å². The quantitative estimate of drug-likeness (QED) is 0.211. The van der Waals surface area contributed by atoms with Crippen LogP contribution in [0.5, 0.6) is 0 Å². The van der Waals surface area contributed by atoms with Crippen molar-refractivity contribution in [3.05, 3.63) is 81.9 Å². The van der Waals surface area contributed by atoms with Gasteiger partial charge in [-0.05, 0) is 142 Å². The Morgan fingerprint density at radius 3 is 1.86 bits per heavy atom. The molecule has 1 heterocycles. The first-order valence-corrected chi connectivity index (χ1v) is 18.1. The number of fused-ring (bicyclic) bond motifs is 7. The number of aryl methyl sites for hydroxylation is 2. The average molecular weight is 594 g/mol. The number of benzene rings is 3. The molecule has 6 rings (SSSR count). The molecular formula is C32H37INP.